The van der Waals surface area contributed by atoms with Gasteiger partial charge in [-0.25, -0.2) is 0 Å². The number of aromatic hydroxyl groups is 2. The molecule has 2 N–H and O–H groups in total. The number of hydrogen-bond acceptors (Lipinski definition) is 2. The van der Waals surface area contributed by atoms with Gasteiger partial charge in [0.05, 0.1) is 0 Å². The molecule has 98 valence electrons. The molecule has 0 aromatic heterocycles. The van der Waals surface area contributed by atoms with Gasteiger partial charge in [0.15, 0.2) is 0 Å². The Morgan fingerprint density at radius 2 is 1.60 bits per heavy atom. The minimum atomic E-state index is 0.270. The average Bonchev–Trinajstić information content (AvgIpc) is 2.78. The highest BCUT2D eigenvalue weighted by Crippen LogP contribution is 2.45. The fraction of sp³-hybridized carbons (Fsp3) is 0.0588. The topological polar surface area (TPSA) is 40.5 Å². The molecule has 1 aliphatic carbocycles. The molecule has 0 saturated heterocycles. The van der Waals surface area contributed by atoms with E-state index in [2.05, 4.69) is 22.0 Å². The molecule has 0 aliphatic heterocycles. The molecule has 3 heteroatoms. The normalized spacial score (nSPS) is 12.4. The predicted octanol–water partition coefficient (Wildman–Crippen LogP) is 4.58. The monoisotopic (exact) mass is 326 g/mol. The smallest absolute Gasteiger partial charge is 0.116 e. The lowest BCUT2D eigenvalue weighted by Gasteiger charge is -2.08. The molecule has 0 heterocycles. The Labute approximate surface area is 124 Å². The van der Waals surface area contributed by atoms with Crippen molar-refractivity contribution in [2.75, 3.05) is 0 Å². The number of phenolic OH excluding ortho intramolecular Hbond substituents is 2. The SMILES string of the molecule is Oc1ccc2c(c1)Cc1c-2cc2ccc(O)cc2c1Br. The van der Waals surface area contributed by atoms with E-state index in [-0.39, 0.29) is 5.75 Å². The first-order valence-corrected chi connectivity index (χ1v) is 7.19. The van der Waals surface area contributed by atoms with Gasteiger partial charge in [0.25, 0.3) is 0 Å². The van der Waals surface area contributed by atoms with Gasteiger partial charge in [-0.15, -0.1) is 0 Å². The highest BCUT2D eigenvalue weighted by atomic mass is 79.9. The van der Waals surface area contributed by atoms with Crippen molar-refractivity contribution in [3.05, 3.63) is 58.1 Å². The number of phenols is 2. The molecule has 20 heavy (non-hydrogen) atoms. The van der Waals surface area contributed by atoms with Crippen molar-refractivity contribution in [3.8, 4) is 22.6 Å². The van der Waals surface area contributed by atoms with E-state index in [1.807, 2.05) is 18.2 Å². The van der Waals surface area contributed by atoms with E-state index in [1.54, 1.807) is 18.2 Å². The van der Waals surface area contributed by atoms with Crippen LogP contribution in [0, 0.1) is 0 Å². The molecular weight excluding hydrogens is 316 g/mol. The zero-order valence-electron chi connectivity index (χ0n) is 10.5. The molecule has 0 amide bonds. The van der Waals surface area contributed by atoms with Gasteiger partial charge in [-0.1, -0.05) is 12.1 Å². The fourth-order valence-electron chi connectivity index (χ4n) is 2.98. The van der Waals surface area contributed by atoms with E-state index in [0.29, 0.717) is 5.75 Å². The molecule has 3 aromatic carbocycles. The Balaban J connectivity index is 2.07. The van der Waals surface area contributed by atoms with Crippen LogP contribution in [0.15, 0.2) is 46.9 Å². The maximum absolute atomic E-state index is 9.66. The molecule has 0 saturated carbocycles. The Kier molecular flexibility index (Phi) is 2.36. The first-order chi connectivity index (χ1) is 9.63. The third kappa shape index (κ3) is 1.56. The van der Waals surface area contributed by atoms with Gasteiger partial charge in [0.2, 0.25) is 0 Å². The number of fused-ring (bicyclic) bond motifs is 4. The Hall–Kier alpha value is -2.00. The lowest BCUT2D eigenvalue weighted by atomic mass is 10.0. The first kappa shape index (κ1) is 11.8. The Morgan fingerprint density at radius 3 is 2.45 bits per heavy atom. The van der Waals surface area contributed by atoms with Crippen LogP contribution in [0.1, 0.15) is 11.1 Å². The zero-order valence-corrected chi connectivity index (χ0v) is 12.1. The molecule has 0 bridgehead atoms. The van der Waals surface area contributed by atoms with Crippen molar-refractivity contribution in [3.63, 3.8) is 0 Å². The van der Waals surface area contributed by atoms with Gasteiger partial charge in [-0.05, 0) is 85.7 Å². The standard InChI is InChI=1S/C17H11BrO2/c18-17-14-8-12(20)2-1-9(14)6-15-13-4-3-11(19)5-10(13)7-16(15)17/h1-6,8,19-20H,7H2. The van der Waals surface area contributed by atoms with Crippen LogP contribution in [0.5, 0.6) is 11.5 Å². The summed E-state index contributed by atoms with van der Waals surface area (Å²) in [5.74, 6) is 0.571. The van der Waals surface area contributed by atoms with Crippen LogP contribution in [-0.2, 0) is 6.42 Å². The van der Waals surface area contributed by atoms with E-state index < -0.39 is 0 Å². The molecule has 4 rings (SSSR count). The average molecular weight is 327 g/mol. The maximum atomic E-state index is 9.66. The highest BCUT2D eigenvalue weighted by Gasteiger charge is 2.22. The van der Waals surface area contributed by atoms with E-state index >= 15 is 0 Å². The second kappa shape index (κ2) is 4.00. The minimum Gasteiger partial charge on any atom is -0.508 e. The number of benzene rings is 3. The zero-order chi connectivity index (χ0) is 13.9. The van der Waals surface area contributed by atoms with Crippen LogP contribution in [0.4, 0.5) is 0 Å². The maximum Gasteiger partial charge on any atom is 0.116 e. The molecule has 0 unspecified atom stereocenters. The minimum absolute atomic E-state index is 0.270. The number of halogens is 1. The third-order valence-corrected chi connectivity index (χ3v) is 4.82. The van der Waals surface area contributed by atoms with Crippen LogP contribution < -0.4 is 0 Å². The molecule has 0 radical (unpaired) electrons. The second-order valence-corrected chi connectivity index (χ2v) is 5.93. The molecule has 0 atom stereocenters. The molecular formula is C17H11BrO2. The second-order valence-electron chi connectivity index (χ2n) is 5.14. The van der Waals surface area contributed by atoms with Crippen molar-refractivity contribution in [2.45, 2.75) is 6.42 Å². The van der Waals surface area contributed by atoms with Gasteiger partial charge in [-0.2, -0.15) is 0 Å². The van der Waals surface area contributed by atoms with Crippen LogP contribution >= 0.6 is 15.9 Å². The van der Waals surface area contributed by atoms with E-state index in [4.69, 9.17) is 0 Å². The predicted molar refractivity (Wildman–Crippen MR) is 83.2 cm³/mol. The van der Waals surface area contributed by atoms with Gasteiger partial charge >= 0.3 is 0 Å². The summed E-state index contributed by atoms with van der Waals surface area (Å²) in [6.45, 7) is 0. The van der Waals surface area contributed by atoms with E-state index in [1.165, 1.54) is 16.7 Å². The van der Waals surface area contributed by atoms with Crippen molar-refractivity contribution in [1.29, 1.82) is 0 Å². The molecule has 0 spiro atoms. The summed E-state index contributed by atoms with van der Waals surface area (Å²) in [6.07, 6.45) is 0.797. The summed E-state index contributed by atoms with van der Waals surface area (Å²) in [7, 11) is 0. The van der Waals surface area contributed by atoms with Crippen LogP contribution in [-0.4, -0.2) is 10.2 Å². The van der Waals surface area contributed by atoms with Crippen LogP contribution in [0.25, 0.3) is 21.9 Å². The van der Waals surface area contributed by atoms with E-state index in [0.717, 1.165) is 27.2 Å². The third-order valence-electron chi connectivity index (χ3n) is 3.91. The van der Waals surface area contributed by atoms with Crippen molar-refractivity contribution >= 4 is 26.7 Å². The lowest BCUT2D eigenvalue weighted by molar-refractivity contribution is 0.474. The van der Waals surface area contributed by atoms with Crippen LogP contribution in [0.3, 0.4) is 0 Å². The molecule has 1 aliphatic rings. The highest BCUT2D eigenvalue weighted by molar-refractivity contribution is 9.10. The largest absolute Gasteiger partial charge is 0.508 e. The summed E-state index contributed by atoms with van der Waals surface area (Å²) in [5.41, 5.74) is 4.72. The van der Waals surface area contributed by atoms with Gasteiger partial charge < -0.3 is 10.2 Å². The summed E-state index contributed by atoms with van der Waals surface area (Å²) >= 11 is 3.67. The molecule has 3 aromatic rings. The van der Waals surface area contributed by atoms with Gasteiger partial charge in [-0.3, -0.25) is 0 Å². The Morgan fingerprint density at radius 1 is 0.850 bits per heavy atom. The van der Waals surface area contributed by atoms with Crippen LogP contribution in [0.2, 0.25) is 0 Å². The molecule has 0 fully saturated rings. The lowest BCUT2D eigenvalue weighted by Crippen LogP contribution is -1.85. The summed E-state index contributed by atoms with van der Waals surface area (Å²) in [4.78, 5) is 0. The molecule has 2 nitrogen and oxygen atoms in total. The van der Waals surface area contributed by atoms with Crippen molar-refractivity contribution < 1.29 is 10.2 Å². The number of rotatable bonds is 0. The number of hydrogen-bond donors (Lipinski definition) is 2. The summed E-state index contributed by atoms with van der Waals surface area (Å²) in [5, 5.41) is 21.4. The van der Waals surface area contributed by atoms with Crippen molar-refractivity contribution in [1.82, 2.24) is 0 Å². The van der Waals surface area contributed by atoms with Gasteiger partial charge in [0, 0.05) is 4.47 Å². The van der Waals surface area contributed by atoms with E-state index in [9.17, 15) is 10.2 Å². The Bertz CT molecular complexity index is 868. The first-order valence-electron chi connectivity index (χ1n) is 6.40. The van der Waals surface area contributed by atoms with Crippen molar-refractivity contribution in [2.24, 2.45) is 0 Å². The summed E-state index contributed by atoms with van der Waals surface area (Å²) in [6, 6.07) is 13.1. The fourth-order valence-corrected chi connectivity index (χ4v) is 3.67. The quantitative estimate of drug-likeness (QED) is 0.496. The summed E-state index contributed by atoms with van der Waals surface area (Å²) < 4.78 is 1.02. The van der Waals surface area contributed by atoms with Gasteiger partial charge in [0.1, 0.15) is 11.5 Å².